The van der Waals surface area contributed by atoms with Crippen molar-refractivity contribution in [3.63, 3.8) is 0 Å². The molecule has 32 heavy (non-hydrogen) atoms. The molecular weight excluding hydrogens is 408 g/mol. The van der Waals surface area contributed by atoms with E-state index in [0.717, 1.165) is 5.56 Å². The summed E-state index contributed by atoms with van der Waals surface area (Å²) in [5, 5.41) is 27.7. The standard InChI is InChI=1S/C24H32N4O4/c1-16(2)12-19(23(30)25-21-10-11-27(26-21)15-24(4,5)31)28-14-18(13-22(28)29)32-20-9-7-6-8-17(20)3/h6-11,13-14,16,19,29,31H,12,15H2,1-5H3,(H,25,26,30)/t19-/m0/s1. The summed E-state index contributed by atoms with van der Waals surface area (Å²) in [6.45, 7) is 9.66. The van der Waals surface area contributed by atoms with Gasteiger partial charge in [-0.2, -0.15) is 5.10 Å². The highest BCUT2D eigenvalue weighted by Gasteiger charge is 2.26. The van der Waals surface area contributed by atoms with Crippen LogP contribution in [-0.4, -0.2) is 36.1 Å². The SMILES string of the molecule is Cc1ccccc1Oc1cc(O)n([C@@H](CC(C)C)C(=O)Nc2ccn(CC(C)(C)O)n2)c1. The second-order valence-electron chi connectivity index (χ2n) is 9.15. The molecule has 172 valence electrons. The summed E-state index contributed by atoms with van der Waals surface area (Å²) in [6, 6.07) is 10.1. The van der Waals surface area contributed by atoms with Gasteiger partial charge >= 0.3 is 0 Å². The number of rotatable bonds is 9. The van der Waals surface area contributed by atoms with Crippen LogP contribution in [0.3, 0.4) is 0 Å². The molecule has 1 amide bonds. The number of hydrogen-bond acceptors (Lipinski definition) is 5. The number of nitrogens with one attached hydrogen (secondary N) is 1. The lowest BCUT2D eigenvalue weighted by Gasteiger charge is -2.20. The van der Waals surface area contributed by atoms with Gasteiger partial charge in [0.1, 0.15) is 17.5 Å². The van der Waals surface area contributed by atoms with E-state index in [2.05, 4.69) is 10.4 Å². The number of ether oxygens (including phenoxy) is 1. The predicted molar refractivity (Wildman–Crippen MR) is 123 cm³/mol. The van der Waals surface area contributed by atoms with Gasteiger partial charge in [0.2, 0.25) is 5.91 Å². The molecule has 8 nitrogen and oxygen atoms in total. The second kappa shape index (κ2) is 9.48. The Hall–Kier alpha value is -3.26. The first-order valence-corrected chi connectivity index (χ1v) is 10.7. The van der Waals surface area contributed by atoms with Gasteiger partial charge in [0, 0.05) is 18.3 Å². The zero-order chi connectivity index (χ0) is 23.5. The third-order valence-corrected chi connectivity index (χ3v) is 4.90. The number of para-hydroxylation sites is 1. The zero-order valence-electron chi connectivity index (χ0n) is 19.2. The van der Waals surface area contributed by atoms with Crippen LogP contribution >= 0.6 is 0 Å². The Balaban J connectivity index is 1.79. The molecule has 0 bridgehead atoms. The summed E-state index contributed by atoms with van der Waals surface area (Å²) in [5.74, 6) is 1.39. The van der Waals surface area contributed by atoms with Crippen LogP contribution < -0.4 is 10.1 Å². The number of hydrogen-bond donors (Lipinski definition) is 3. The highest BCUT2D eigenvalue weighted by Crippen LogP contribution is 2.33. The Morgan fingerprint density at radius 3 is 2.62 bits per heavy atom. The minimum absolute atomic E-state index is 0.0538. The van der Waals surface area contributed by atoms with Gasteiger partial charge in [0.25, 0.3) is 0 Å². The van der Waals surface area contributed by atoms with Crippen LogP contribution in [-0.2, 0) is 11.3 Å². The average molecular weight is 441 g/mol. The van der Waals surface area contributed by atoms with Crippen LogP contribution in [0.1, 0.15) is 45.7 Å². The summed E-state index contributed by atoms with van der Waals surface area (Å²) in [6.07, 6.45) is 3.86. The molecule has 0 aliphatic carbocycles. The first-order valence-electron chi connectivity index (χ1n) is 10.7. The van der Waals surface area contributed by atoms with Crippen molar-refractivity contribution in [2.24, 2.45) is 5.92 Å². The number of aromatic hydroxyl groups is 1. The van der Waals surface area contributed by atoms with Crippen molar-refractivity contribution in [2.75, 3.05) is 5.32 Å². The molecule has 0 saturated heterocycles. The van der Waals surface area contributed by atoms with Gasteiger partial charge in [-0.15, -0.1) is 0 Å². The summed E-state index contributed by atoms with van der Waals surface area (Å²) in [7, 11) is 0. The van der Waals surface area contributed by atoms with Crippen molar-refractivity contribution in [3.8, 4) is 17.4 Å². The van der Waals surface area contributed by atoms with E-state index in [9.17, 15) is 15.0 Å². The van der Waals surface area contributed by atoms with Crippen LogP contribution in [0.15, 0.2) is 48.8 Å². The van der Waals surface area contributed by atoms with E-state index >= 15 is 0 Å². The average Bonchev–Trinajstić information content (AvgIpc) is 3.26. The summed E-state index contributed by atoms with van der Waals surface area (Å²) >= 11 is 0. The maximum Gasteiger partial charge on any atom is 0.248 e. The minimum Gasteiger partial charge on any atom is -0.494 e. The summed E-state index contributed by atoms with van der Waals surface area (Å²) < 4.78 is 9.02. The highest BCUT2D eigenvalue weighted by atomic mass is 16.5. The van der Waals surface area contributed by atoms with Crippen LogP contribution in [0.4, 0.5) is 5.82 Å². The van der Waals surface area contributed by atoms with E-state index in [1.54, 1.807) is 37.0 Å². The molecule has 3 aromatic rings. The Bertz CT molecular complexity index is 1060. The van der Waals surface area contributed by atoms with Gasteiger partial charge in [-0.05, 0) is 44.7 Å². The van der Waals surface area contributed by atoms with Gasteiger partial charge in [-0.1, -0.05) is 32.0 Å². The van der Waals surface area contributed by atoms with Crippen molar-refractivity contribution < 1.29 is 19.7 Å². The number of aromatic nitrogens is 3. The van der Waals surface area contributed by atoms with Crippen molar-refractivity contribution in [1.29, 1.82) is 0 Å². The first kappa shape index (κ1) is 23.4. The molecule has 0 aliphatic rings. The van der Waals surface area contributed by atoms with Gasteiger partial charge in [-0.25, -0.2) is 0 Å². The van der Waals surface area contributed by atoms with Gasteiger partial charge in [0.15, 0.2) is 11.7 Å². The monoisotopic (exact) mass is 440 g/mol. The van der Waals surface area contributed by atoms with E-state index in [1.165, 1.54) is 10.6 Å². The smallest absolute Gasteiger partial charge is 0.248 e. The molecule has 2 heterocycles. The fourth-order valence-electron chi connectivity index (χ4n) is 3.46. The minimum atomic E-state index is -0.919. The van der Waals surface area contributed by atoms with Crippen molar-refractivity contribution in [1.82, 2.24) is 14.3 Å². The largest absolute Gasteiger partial charge is 0.494 e. The summed E-state index contributed by atoms with van der Waals surface area (Å²) in [5.41, 5.74) is 0.0515. The van der Waals surface area contributed by atoms with Crippen LogP contribution in [0, 0.1) is 12.8 Å². The van der Waals surface area contributed by atoms with E-state index in [0.29, 0.717) is 30.3 Å². The Morgan fingerprint density at radius 1 is 1.25 bits per heavy atom. The molecule has 3 N–H and O–H groups in total. The van der Waals surface area contributed by atoms with E-state index in [4.69, 9.17) is 4.74 Å². The Morgan fingerprint density at radius 2 is 1.97 bits per heavy atom. The lowest BCUT2D eigenvalue weighted by molar-refractivity contribution is -0.119. The molecule has 1 aromatic carbocycles. The second-order valence-corrected chi connectivity index (χ2v) is 9.15. The number of anilines is 1. The zero-order valence-corrected chi connectivity index (χ0v) is 19.2. The molecule has 0 aliphatic heterocycles. The number of benzene rings is 1. The van der Waals surface area contributed by atoms with Crippen LogP contribution in [0.25, 0.3) is 0 Å². The molecule has 0 unspecified atom stereocenters. The molecule has 8 heteroatoms. The number of aryl methyl sites for hydroxylation is 1. The topological polar surface area (TPSA) is 102 Å². The third kappa shape index (κ3) is 6.13. The van der Waals surface area contributed by atoms with Gasteiger partial charge < -0.3 is 24.8 Å². The predicted octanol–water partition coefficient (Wildman–Crippen LogP) is 4.49. The molecule has 0 saturated carbocycles. The fourth-order valence-corrected chi connectivity index (χ4v) is 3.46. The maximum atomic E-state index is 13.1. The highest BCUT2D eigenvalue weighted by molar-refractivity contribution is 5.93. The molecule has 1 atom stereocenters. The molecule has 2 aromatic heterocycles. The molecule has 0 fully saturated rings. The lowest BCUT2D eigenvalue weighted by Crippen LogP contribution is -2.28. The normalized spacial score (nSPS) is 12.7. The maximum absolute atomic E-state index is 13.1. The lowest BCUT2D eigenvalue weighted by atomic mass is 10.0. The number of amides is 1. The van der Waals surface area contributed by atoms with Crippen LogP contribution in [0.5, 0.6) is 17.4 Å². The van der Waals surface area contributed by atoms with Gasteiger partial charge in [0.05, 0.1) is 18.3 Å². The number of carbonyl (C=O) groups excluding carboxylic acids is 1. The van der Waals surface area contributed by atoms with Crippen molar-refractivity contribution in [2.45, 2.75) is 59.2 Å². The Kier molecular flexibility index (Phi) is 6.93. The van der Waals surface area contributed by atoms with Gasteiger partial charge in [-0.3, -0.25) is 9.48 Å². The van der Waals surface area contributed by atoms with Crippen molar-refractivity contribution >= 4 is 11.7 Å². The number of carbonyl (C=O) groups is 1. The molecule has 0 radical (unpaired) electrons. The van der Waals surface area contributed by atoms with E-state index in [1.807, 2.05) is 45.0 Å². The number of aliphatic hydroxyl groups is 1. The Labute approximate surface area is 188 Å². The van der Waals surface area contributed by atoms with E-state index < -0.39 is 11.6 Å². The van der Waals surface area contributed by atoms with Crippen LogP contribution in [0.2, 0.25) is 0 Å². The number of nitrogens with zero attached hydrogens (tertiary/aromatic N) is 3. The quantitative estimate of drug-likeness (QED) is 0.455. The third-order valence-electron chi connectivity index (χ3n) is 4.90. The fraction of sp³-hybridized carbons (Fsp3) is 0.417. The van der Waals surface area contributed by atoms with Crippen molar-refractivity contribution in [3.05, 3.63) is 54.4 Å². The van der Waals surface area contributed by atoms with E-state index in [-0.39, 0.29) is 17.7 Å². The summed E-state index contributed by atoms with van der Waals surface area (Å²) in [4.78, 5) is 13.1. The molecular formula is C24H32N4O4. The molecule has 0 spiro atoms. The molecule has 3 rings (SSSR count). The first-order chi connectivity index (χ1) is 15.0.